The van der Waals surface area contributed by atoms with Crippen LogP contribution in [-0.2, 0) is 0 Å². The van der Waals surface area contributed by atoms with Crippen LogP contribution in [-0.4, -0.2) is 26.1 Å². The molecule has 0 radical (unpaired) electrons. The minimum atomic E-state index is -0.374. The van der Waals surface area contributed by atoms with Crippen molar-refractivity contribution in [3.8, 4) is 0 Å². The van der Waals surface area contributed by atoms with E-state index in [1.54, 1.807) is 0 Å². The summed E-state index contributed by atoms with van der Waals surface area (Å²) in [6, 6.07) is 1.43. The highest BCUT2D eigenvalue weighted by molar-refractivity contribution is 9.10. The number of nitrogens with zero attached hydrogens (tertiary/aromatic N) is 3. The monoisotopic (exact) mass is 282 g/mol. The normalized spacial score (nSPS) is 10.1. The number of nitrogens with two attached hydrogens (primary N) is 1. The maximum Gasteiger partial charge on any atom is 0.274 e. The minimum absolute atomic E-state index is 0.257. The lowest BCUT2D eigenvalue weighted by atomic mass is 10.4. The van der Waals surface area contributed by atoms with Gasteiger partial charge in [-0.25, -0.2) is 9.97 Å². The number of H-pyrrole nitrogens is 1. The molecule has 2 heterocycles. The zero-order valence-electron chi connectivity index (χ0n) is 7.94. The zero-order chi connectivity index (χ0) is 11.5. The standard InChI is InChI=1S/C8H7BrN6O/c9-5-2-12-7(3-11-5)13-8(16)4-1-6(10)15-14-4/h1-3H,(H3,10,14,15)(H,12,13,16). The Kier molecular flexibility index (Phi) is 2.82. The van der Waals surface area contributed by atoms with Gasteiger partial charge < -0.3 is 11.1 Å². The van der Waals surface area contributed by atoms with Crippen LogP contribution in [0.3, 0.4) is 0 Å². The van der Waals surface area contributed by atoms with E-state index in [0.717, 1.165) is 0 Å². The second kappa shape index (κ2) is 4.27. The van der Waals surface area contributed by atoms with Crippen molar-refractivity contribution in [1.29, 1.82) is 0 Å². The molecule has 2 rings (SSSR count). The molecule has 0 aromatic carbocycles. The molecule has 0 bridgehead atoms. The smallest absolute Gasteiger partial charge is 0.274 e. The van der Waals surface area contributed by atoms with Crippen LogP contribution in [0, 0.1) is 0 Å². The second-order valence-electron chi connectivity index (χ2n) is 2.88. The van der Waals surface area contributed by atoms with Gasteiger partial charge in [-0.05, 0) is 15.9 Å². The Balaban J connectivity index is 2.10. The molecule has 0 saturated carbocycles. The molecule has 0 saturated heterocycles. The number of nitrogen functional groups attached to an aromatic ring is 1. The van der Waals surface area contributed by atoms with Crippen LogP contribution in [0.1, 0.15) is 10.5 Å². The number of carbonyl (C=O) groups excluding carboxylic acids is 1. The zero-order valence-corrected chi connectivity index (χ0v) is 9.52. The highest BCUT2D eigenvalue weighted by Gasteiger charge is 2.09. The summed E-state index contributed by atoms with van der Waals surface area (Å²) >= 11 is 3.14. The van der Waals surface area contributed by atoms with Crippen LogP contribution >= 0.6 is 15.9 Å². The first-order chi connectivity index (χ1) is 7.65. The molecule has 0 aliphatic heterocycles. The Hall–Kier alpha value is -1.96. The van der Waals surface area contributed by atoms with Crippen molar-refractivity contribution in [1.82, 2.24) is 20.2 Å². The lowest BCUT2D eigenvalue weighted by Gasteiger charge is -2.00. The Labute approximate surface area is 98.6 Å². The molecule has 0 atom stereocenters. The average Bonchev–Trinajstić information content (AvgIpc) is 2.68. The topological polar surface area (TPSA) is 110 Å². The summed E-state index contributed by atoms with van der Waals surface area (Å²) in [7, 11) is 0. The Morgan fingerprint density at radius 1 is 1.44 bits per heavy atom. The summed E-state index contributed by atoms with van der Waals surface area (Å²) in [6.07, 6.45) is 2.92. The van der Waals surface area contributed by atoms with E-state index in [1.807, 2.05) is 0 Å². The van der Waals surface area contributed by atoms with Gasteiger partial charge in [0.15, 0.2) is 5.82 Å². The van der Waals surface area contributed by atoms with Crippen molar-refractivity contribution in [2.24, 2.45) is 0 Å². The van der Waals surface area contributed by atoms with Crippen LogP contribution in [0.2, 0.25) is 0 Å². The van der Waals surface area contributed by atoms with E-state index < -0.39 is 0 Å². The quantitative estimate of drug-likeness (QED) is 0.755. The first-order valence-electron chi connectivity index (χ1n) is 4.25. The van der Waals surface area contributed by atoms with E-state index in [2.05, 4.69) is 41.4 Å². The summed E-state index contributed by atoms with van der Waals surface area (Å²) in [5.74, 6) is 0.231. The maximum atomic E-state index is 11.6. The third kappa shape index (κ3) is 2.34. The molecule has 0 fully saturated rings. The van der Waals surface area contributed by atoms with Crippen molar-refractivity contribution >= 4 is 33.5 Å². The molecule has 4 N–H and O–H groups in total. The van der Waals surface area contributed by atoms with Gasteiger partial charge in [0.1, 0.15) is 16.1 Å². The van der Waals surface area contributed by atoms with Crippen LogP contribution in [0.25, 0.3) is 0 Å². The number of amides is 1. The Morgan fingerprint density at radius 2 is 2.25 bits per heavy atom. The predicted octanol–water partition coefficient (Wildman–Crippen LogP) is 0.797. The van der Waals surface area contributed by atoms with Gasteiger partial charge in [0.25, 0.3) is 5.91 Å². The summed E-state index contributed by atoms with van der Waals surface area (Å²) in [6.45, 7) is 0. The lowest BCUT2D eigenvalue weighted by molar-refractivity contribution is 0.102. The predicted molar refractivity (Wildman–Crippen MR) is 60.7 cm³/mol. The van der Waals surface area contributed by atoms with Gasteiger partial charge in [-0.3, -0.25) is 9.89 Å². The molecule has 8 heteroatoms. The van der Waals surface area contributed by atoms with E-state index in [4.69, 9.17) is 5.73 Å². The van der Waals surface area contributed by atoms with E-state index in [9.17, 15) is 4.79 Å². The fraction of sp³-hybridized carbons (Fsp3) is 0. The third-order valence-electron chi connectivity index (χ3n) is 1.70. The number of nitrogens with one attached hydrogen (secondary N) is 2. The summed E-state index contributed by atoms with van der Waals surface area (Å²) < 4.78 is 0.594. The second-order valence-corrected chi connectivity index (χ2v) is 3.70. The first kappa shape index (κ1) is 10.6. The van der Waals surface area contributed by atoms with Crippen molar-refractivity contribution in [2.75, 3.05) is 11.1 Å². The average molecular weight is 283 g/mol. The van der Waals surface area contributed by atoms with Gasteiger partial charge in [-0.1, -0.05) is 0 Å². The van der Waals surface area contributed by atoms with Crippen LogP contribution in [0.15, 0.2) is 23.1 Å². The molecule has 82 valence electrons. The van der Waals surface area contributed by atoms with Crippen LogP contribution in [0.4, 0.5) is 11.6 Å². The SMILES string of the molecule is Nc1cc(C(=O)Nc2cnc(Br)cn2)[nH]n1. The lowest BCUT2D eigenvalue weighted by Crippen LogP contribution is -2.13. The number of aromatic amines is 1. The first-order valence-corrected chi connectivity index (χ1v) is 5.04. The fourth-order valence-electron chi connectivity index (χ4n) is 1.01. The molecule has 16 heavy (non-hydrogen) atoms. The number of anilines is 2. The largest absolute Gasteiger partial charge is 0.382 e. The van der Waals surface area contributed by atoms with Crippen molar-refractivity contribution < 1.29 is 4.79 Å². The summed E-state index contributed by atoms with van der Waals surface area (Å²) in [5.41, 5.74) is 5.64. The van der Waals surface area contributed by atoms with Crippen molar-refractivity contribution in [2.45, 2.75) is 0 Å². The molecular weight excluding hydrogens is 276 g/mol. The number of rotatable bonds is 2. The van der Waals surface area contributed by atoms with E-state index in [1.165, 1.54) is 18.5 Å². The molecule has 1 amide bonds. The molecule has 2 aromatic heterocycles. The number of hydrogen-bond acceptors (Lipinski definition) is 5. The molecular formula is C8H7BrN6O. The van der Waals surface area contributed by atoms with Gasteiger partial charge in [0.05, 0.1) is 12.4 Å². The van der Waals surface area contributed by atoms with Crippen molar-refractivity contribution in [3.05, 3.63) is 28.8 Å². The highest BCUT2D eigenvalue weighted by atomic mass is 79.9. The highest BCUT2D eigenvalue weighted by Crippen LogP contribution is 2.08. The maximum absolute atomic E-state index is 11.6. The van der Waals surface area contributed by atoms with Gasteiger partial charge in [-0.15, -0.1) is 0 Å². The number of carbonyl (C=O) groups is 1. The Bertz CT molecular complexity index is 508. The van der Waals surface area contributed by atoms with Gasteiger partial charge in [0.2, 0.25) is 0 Å². The number of halogens is 1. The van der Waals surface area contributed by atoms with Crippen molar-refractivity contribution in [3.63, 3.8) is 0 Å². The van der Waals surface area contributed by atoms with E-state index in [0.29, 0.717) is 10.4 Å². The van der Waals surface area contributed by atoms with E-state index in [-0.39, 0.29) is 17.4 Å². The van der Waals surface area contributed by atoms with Gasteiger partial charge >= 0.3 is 0 Å². The van der Waals surface area contributed by atoms with Crippen LogP contribution < -0.4 is 11.1 Å². The van der Waals surface area contributed by atoms with Crippen LogP contribution in [0.5, 0.6) is 0 Å². The third-order valence-corrected chi connectivity index (χ3v) is 2.11. The van der Waals surface area contributed by atoms with Gasteiger partial charge in [0, 0.05) is 6.07 Å². The molecule has 7 nitrogen and oxygen atoms in total. The van der Waals surface area contributed by atoms with E-state index >= 15 is 0 Å². The van der Waals surface area contributed by atoms with Gasteiger partial charge in [-0.2, -0.15) is 5.10 Å². The molecule has 2 aromatic rings. The Morgan fingerprint density at radius 3 is 2.81 bits per heavy atom. The summed E-state index contributed by atoms with van der Waals surface area (Å²) in [4.78, 5) is 19.5. The fourth-order valence-corrected chi connectivity index (χ4v) is 1.22. The molecule has 0 spiro atoms. The number of hydrogen-bond donors (Lipinski definition) is 3. The molecule has 0 unspecified atom stereocenters. The molecule has 0 aliphatic carbocycles. The minimum Gasteiger partial charge on any atom is -0.382 e. The summed E-state index contributed by atoms with van der Waals surface area (Å²) in [5, 5.41) is 8.67. The molecule has 0 aliphatic rings. The number of aromatic nitrogens is 4.